The molecular formula is C12H18N2O2. The van der Waals surface area contributed by atoms with E-state index in [4.69, 9.17) is 16.2 Å². The quantitative estimate of drug-likeness (QED) is 0.599. The molecule has 1 unspecified atom stereocenters. The Balaban J connectivity index is 2.97. The van der Waals surface area contributed by atoms with Crippen molar-refractivity contribution in [2.75, 3.05) is 12.8 Å². The Morgan fingerprint density at radius 1 is 1.31 bits per heavy atom. The number of hydrogen-bond acceptors (Lipinski definition) is 4. The van der Waals surface area contributed by atoms with Crippen molar-refractivity contribution < 1.29 is 9.53 Å². The molecule has 0 aromatic heterocycles. The Bertz CT molecular complexity index is 371. The lowest BCUT2D eigenvalue weighted by Gasteiger charge is -2.28. The average Bonchev–Trinajstić information content (AvgIpc) is 2.28. The number of hydrogen-bond donors (Lipinski definition) is 2. The molecule has 0 aliphatic rings. The number of rotatable bonds is 3. The highest BCUT2D eigenvalue weighted by Crippen LogP contribution is 2.32. The van der Waals surface area contributed by atoms with Gasteiger partial charge < -0.3 is 16.2 Å². The number of ether oxygens (including phenoxy) is 1. The first-order valence-electron chi connectivity index (χ1n) is 5.09. The van der Waals surface area contributed by atoms with E-state index in [-0.39, 0.29) is 5.97 Å². The summed E-state index contributed by atoms with van der Waals surface area (Å²) in [6.07, 6.45) is 0. The van der Waals surface area contributed by atoms with Crippen LogP contribution in [0.4, 0.5) is 5.69 Å². The fourth-order valence-corrected chi connectivity index (χ4v) is 1.51. The number of carbonyl (C=O) groups is 1. The fourth-order valence-electron chi connectivity index (χ4n) is 1.51. The molecule has 0 spiro atoms. The van der Waals surface area contributed by atoms with Gasteiger partial charge in [-0.25, -0.2) is 0 Å². The van der Waals surface area contributed by atoms with Gasteiger partial charge in [-0.15, -0.1) is 0 Å². The van der Waals surface area contributed by atoms with Crippen molar-refractivity contribution in [3.8, 4) is 0 Å². The van der Waals surface area contributed by atoms with E-state index >= 15 is 0 Å². The Labute approximate surface area is 95.6 Å². The molecule has 88 valence electrons. The SMILES string of the molecule is COC(=O)C(C)(C)C(N)c1ccc(N)cc1. The van der Waals surface area contributed by atoms with Crippen LogP contribution in [0.15, 0.2) is 24.3 Å². The number of anilines is 1. The van der Waals surface area contributed by atoms with E-state index in [1.54, 1.807) is 26.0 Å². The monoisotopic (exact) mass is 222 g/mol. The third-order valence-electron chi connectivity index (χ3n) is 2.78. The third kappa shape index (κ3) is 2.33. The smallest absolute Gasteiger partial charge is 0.313 e. The summed E-state index contributed by atoms with van der Waals surface area (Å²) >= 11 is 0. The second kappa shape index (κ2) is 4.53. The zero-order chi connectivity index (χ0) is 12.3. The van der Waals surface area contributed by atoms with Crippen LogP contribution < -0.4 is 11.5 Å². The van der Waals surface area contributed by atoms with E-state index in [9.17, 15) is 4.79 Å². The van der Waals surface area contributed by atoms with E-state index in [1.165, 1.54) is 7.11 Å². The number of nitrogen functional groups attached to an aromatic ring is 1. The Morgan fingerprint density at radius 3 is 2.25 bits per heavy atom. The van der Waals surface area contributed by atoms with Crippen molar-refractivity contribution in [1.82, 2.24) is 0 Å². The van der Waals surface area contributed by atoms with Crippen molar-refractivity contribution in [3.05, 3.63) is 29.8 Å². The molecule has 4 nitrogen and oxygen atoms in total. The molecule has 1 aromatic rings. The van der Waals surface area contributed by atoms with Gasteiger partial charge in [-0.3, -0.25) is 4.79 Å². The maximum absolute atomic E-state index is 11.6. The number of benzene rings is 1. The second-order valence-electron chi connectivity index (χ2n) is 4.36. The summed E-state index contributed by atoms with van der Waals surface area (Å²) in [5, 5.41) is 0. The summed E-state index contributed by atoms with van der Waals surface area (Å²) < 4.78 is 4.74. The molecule has 1 atom stereocenters. The largest absolute Gasteiger partial charge is 0.469 e. The van der Waals surface area contributed by atoms with E-state index in [1.807, 2.05) is 12.1 Å². The first-order chi connectivity index (χ1) is 7.39. The van der Waals surface area contributed by atoms with Crippen molar-refractivity contribution in [2.45, 2.75) is 19.9 Å². The molecule has 0 heterocycles. The molecule has 4 heteroatoms. The van der Waals surface area contributed by atoms with Crippen LogP contribution in [0.3, 0.4) is 0 Å². The molecule has 0 bridgehead atoms. The number of methoxy groups -OCH3 is 1. The summed E-state index contributed by atoms with van der Waals surface area (Å²) in [5.74, 6) is -0.322. The molecule has 16 heavy (non-hydrogen) atoms. The summed E-state index contributed by atoms with van der Waals surface area (Å²) in [6.45, 7) is 3.53. The van der Waals surface area contributed by atoms with E-state index in [0.717, 1.165) is 5.56 Å². The minimum atomic E-state index is -0.759. The third-order valence-corrected chi connectivity index (χ3v) is 2.78. The van der Waals surface area contributed by atoms with Crippen molar-refractivity contribution in [3.63, 3.8) is 0 Å². The van der Waals surface area contributed by atoms with Gasteiger partial charge in [0.25, 0.3) is 0 Å². The zero-order valence-corrected chi connectivity index (χ0v) is 9.86. The van der Waals surface area contributed by atoms with E-state index in [0.29, 0.717) is 5.69 Å². The van der Waals surface area contributed by atoms with Crippen LogP contribution in [-0.4, -0.2) is 13.1 Å². The van der Waals surface area contributed by atoms with Crippen LogP contribution in [-0.2, 0) is 9.53 Å². The lowest BCUT2D eigenvalue weighted by atomic mass is 9.81. The van der Waals surface area contributed by atoms with Crippen molar-refractivity contribution in [2.24, 2.45) is 11.1 Å². The first kappa shape index (κ1) is 12.5. The highest BCUT2D eigenvalue weighted by atomic mass is 16.5. The number of carbonyl (C=O) groups excluding carboxylic acids is 1. The molecule has 0 saturated carbocycles. The second-order valence-corrected chi connectivity index (χ2v) is 4.36. The van der Waals surface area contributed by atoms with Gasteiger partial charge in [-0.2, -0.15) is 0 Å². The Hall–Kier alpha value is -1.55. The van der Waals surface area contributed by atoms with Gasteiger partial charge in [0.15, 0.2) is 0 Å². The molecule has 0 amide bonds. The van der Waals surface area contributed by atoms with Crippen LogP contribution in [0.2, 0.25) is 0 Å². The minimum absolute atomic E-state index is 0.322. The van der Waals surface area contributed by atoms with Crippen LogP contribution in [0.1, 0.15) is 25.5 Å². The fraction of sp³-hybridized carbons (Fsp3) is 0.417. The van der Waals surface area contributed by atoms with Crippen LogP contribution in [0.25, 0.3) is 0 Å². The number of esters is 1. The average molecular weight is 222 g/mol. The Kier molecular flexibility index (Phi) is 3.55. The van der Waals surface area contributed by atoms with E-state index in [2.05, 4.69) is 0 Å². The van der Waals surface area contributed by atoms with Crippen molar-refractivity contribution in [1.29, 1.82) is 0 Å². The number of nitrogens with two attached hydrogens (primary N) is 2. The topological polar surface area (TPSA) is 78.3 Å². The zero-order valence-electron chi connectivity index (χ0n) is 9.86. The summed E-state index contributed by atoms with van der Waals surface area (Å²) in [4.78, 5) is 11.6. The maximum atomic E-state index is 11.6. The lowest BCUT2D eigenvalue weighted by molar-refractivity contribution is -0.152. The molecule has 0 aliphatic heterocycles. The molecule has 0 saturated heterocycles. The van der Waals surface area contributed by atoms with Gasteiger partial charge in [0.05, 0.1) is 12.5 Å². The summed E-state index contributed by atoms with van der Waals surface area (Å²) in [7, 11) is 1.36. The highest BCUT2D eigenvalue weighted by Gasteiger charge is 2.36. The highest BCUT2D eigenvalue weighted by molar-refractivity contribution is 5.77. The van der Waals surface area contributed by atoms with Gasteiger partial charge in [0.1, 0.15) is 0 Å². The van der Waals surface area contributed by atoms with Gasteiger partial charge in [-0.05, 0) is 31.5 Å². The van der Waals surface area contributed by atoms with Crippen LogP contribution in [0, 0.1) is 5.41 Å². The normalized spacial score (nSPS) is 13.2. The van der Waals surface area contributed by atoms with Gasteiger partial charge >= 0.3 is 5.97 Å². The van der Waals surface area contributed by atoms with Crippen molar-refractivity contribution >= 4 is 11.7 Å². The summed E-state index contributed by atoms with van der Waals surface area (Å²) in [6, 6.07) is 6.76. The molecule has 1 aromatic carbocycles. The van der Waals surface area contributed by atoms with Crippen LogP contribution >= 0.6 is 0 Å². The van der Waals surface area contributed by atoms with Gasteiger partial charge in [-0.1, -0.05) is 12.1 Å². The molecular weight excluding hydrogens is 204 g/mol. The lowest BCUT2D eigenvalue weighted by Crippen LogP contribution is -2.37. The molecule has 0 aliphatic carbocycles. The predicted octanol–water partition coefficient (Wildman–Crippen LogP) is 1.47. The van der Waals surface area contributed by atoms with Gasteiger partial charge in [0.2, 0.25) is 0 Å². The standard InChI is InChI=1S/C12H18N2O2/c1-12(2,11(15)16-3)10(14)8-4-6-9(13)7-5-8/h4-7,10H,13-14H2,1-3H3. The molecule has 0 fully saturated rings. The first-order valence-corrected chi connectivity index (χ1v) is 5.09. The molecule has 4 N–H and O–H groups in total. The van der Waals surface area contributed by atoms with E-state index < -0.39 is 11.5 Å². The van der Waals surface area contributed by atoms with Crippen LogP contribution in [0.5, 0.6) is 0 Å². The molecule has 0 radical (unpaired) electrons. The maximum Gasteiger partial charge on any atom is 0.313 e. The summed E-state index contributed by atoms with van der Waals surface area (Å²) in [5.41, 5.74) is 12.4. The predicted molar refractivity (Wildman–Crippen MR) is 63.6 cm³/mol. The Morgan fingerprint density at radius 2 is 1.81 bits per heavy atom. The molecule has 1 rings (SSSR count). The minimum Gasteiger partial charge on any atom is -0.469 e. The van der Waals surface area contributed by atoms with Gasteiger partial charge in [0, 0.05) is 11.7 Å².